The van der Waals surface area contributed by atoms with E-state index in [0.717, 1.165) is 27.8 Å². The lowest BCUT2D eigenvalue weighted by Crippen LogP contribution is -2.36. The molecule has 0 unspecified atom stereocenters. The molecule has 2 aromatic carbocycles. The van der Waals surface area contributed by atoms with Gasteiger partial charge in [-0.3, -0.25) is 4.79 Å². The molecule has 1 aliphatic rings. The van der Waals surface area contributed by atoms with E-state index in [0.29, 0.717) is 24.4 Å². The summed E-state index contributed by atoms with van der Waals surface area (Å²) in [6.07, 6.45) is 0.433. The van der Waals surface area contributed by atoms with Crippen molar-refractivity contribution in [3.63, 3.8) is 0 Å². The van der Waals surface area contributed by atoms with Crippen LogP contribution in [0.25, 0.3) is 22.4 Å². The van der Waals surface area contributed by atoms with Gasteiger partial charge >= 0.3 is 0 Å². The number of carbonyl (C=O) groups is 1. The number of amides is 1. The number of pyridine rings is 1. The number of fused-ring (bicyclic) bond motifs is 1. The molecule has 0 saturated carbocycles. The van der Waals surface area contributed by atoms with Crippen LogP contribution in [0.1, 0.15) is 54.8 Å². The fraction of sp³-hybridized carbons (Fsp3) is 0.357. The van der Waals surface area contributed by atoms with Crippen LogP contribution in [0.4, 0.5) is 0 Å². The van der Waals surface area contributed by atoms with Crippen LogP contribution in [0.3, 0.4) is 0 Å². The molecule has 1 aromatic heterocycles. The Morgan fingerprint density at radius 1 is 1.06 bits per heavy atom. The highest BCUT2D eigenvalue weighted by molar-refractivity contribution is 7.84. The molecule has 0 radical (unpaired) electrons. The molecule has 0 spiro atoms. The Balaban J connectivity index is 1.92. The third-order valence-corrected chi connectivity index (χ3v) is 8.02. The van der Waals surface area contributed by atoms with Crippen molar-refractivity contribution >= 4 is 16.9 Å². The first-order valence-corrected chi connectivity index (χ1v) is 12.9. The van der Waals surface area contributed by atoms with Crippen molar-refractivity contribution in [3.05, 3.63) is 77.5 Å². The van der Waals surface area contributed by atoms with Gasteiger partial charge in [0.2, 0.25) is 0 Å². The summed E-state index contributed by atoms with van der Waals surface area (Å²) in [5.41, 5.74) is 5.97. The van der Waals surface area contributed by atoms with E-state index in [4.69, 9.17) is 4.98 Å². The number of aliphatic hydroxyl groups excluding tert-OH is 1. The van der Waals surface area contributed by atoms with E-state index < -0.39 is 15.7 Å². The number of benzene rings is 2. The van der Waals surface area contributed by atoms with Crippen molar-refractivity contribution in [1.29, 1.82) is 0 Å². The van der Waals surface area contributed by atoms with Gasteiger partial charge in [0, 0.05) is 38.4 Å². The molecule has 6 nitrogen and oxygen atoms in total. The Kier molecular flexibility index (Phi) is 7.22. The summed E-state index contributed by atoms with van der Waals surface area (Å²) in [5, 5.41) is 9.92. The Hall–Kier alpha value is -2.87. The van der Waals surface area contributed by atoms with Crippen molar-refractivity contribution in [2.24, 2.45) is 0 Å². The van der Waals surface area contributed by atoms with Gasteiger partial charge in [0.05, 0.1) is 16.5 Å². The van der Waals surface area contributed by atoms with Crippen LogP contribution >= 0.6 is 0 Å². The monoisotopic (exact) mass is 491 g/mol. The Bertz CT molecular complexity index is 1250. The average molecular weight is 492 g/mol. The van der Waals surface area contributed by atoms with Gasteiger partial charge < -0.3 is 10.0 Å². The number of nitrogens with zero attached hydrogens (tertiary/aromatic N) is 3. The summed E-state index contributed by atoms with van der Waals surface area (Å²) in [7, 11) is 2.13. The van der Waals surface area contributed by atoms with Gasteiger partial charge in [0.15, 0.2) is 0 Å². The molecule has 0 aliphatic carbocycles. The SMILES string of the molecule is CN(C)C(=O)c1cc2c(c(-c3cccc(-c4ccccc4)c3)n1)[C@@H](CCO)N([S@](=O)C(C)(C)C)C2. The Labute approximate surface area is 210 Å². The van der Waals surface area contributed by atoms with E-state index in [1.807, 2.05) is 61.5 Å². The number of carbonyl (C=O) groups excluding carboxylic acids is 1. The smallest absolute Gasteiger partial charge is 0.271 e. The average Bonchev–Trinajstić information content (AvgIpc) is 3.20. The first-order chi connectivity index (χ1) is 16.6. The molecule has 1 N–H and O–H groups in total. The molecule has 4 rings (SSSR count). The van der Waals surface area contributed by atoms with Crippen molar-refractivity contribution in [3.8, 4) is 22.4 Å². The van der Waals surface area contributed by atoms with Gasteiger partial charge in [-0.2, -0.15) is 0 Å². The molecule has 1 aliphatic heterocycles. The highest BCUT2D eigenvalue weighted by atomic mass is 32.2. The molecule has 1 amide bonds. The number of aromatic nitrogens is 1. The minimum absolute atomic E-state index is 0.0379. The highest BCUT2D eigenvalue weighted by Crippen LogP contribution is 2.44. The summed E-state index contributed by atoms with van der Waals surface area (Å²) >= 11 is 0. The van der Waals surface area contributed by atoms with Gasteiger partial charge in [-0.25, -0.2) is 13.5 Å². The molecule has 2 atom stereocenters. The fourth-order valence-corrected chi connectivity index (χ4v) is 5.91. The normalized spacial score (nSPS) is 16.7. The highest BCUT2D eigenvalue weighted by Gasteiger charge is 2.40. The minimum atomic E-state index is -1.30. The van der Waals surface area contributed by atoms with Crippen molar-refractivity contribution in [2.75, 3.05) is 20.7 Å². The van der Waals surface area contributed by atoms with Crippen LogP contribution in [-0.4, -0.2) is 54.9 Å². The molecule has 2 heterocycles. The van der Waals surface area contributed by atoms with E-state index in [9.17, 15) is 14.1 Å². The summed E-state index contributed by atoms with van der Waals surface area (Å²) < 4.78 is 15.0. The standard InChI is InChI=1S/C28H33N3O3S/c1-28(2,3)35(34)31-18-22-17-23(27(33)30(4)5)29-26(25(22)24(31)14-15-32)21-13-9-12-20(16-21)19-10-7-6-8-11-19/h6-13,16-17,24,32H,14-15,18H2,1-5H3/t24-,35-/m1/s1. The summed E-state index contributed by atoms with van der Waals surface area (Å²) in [6, 6.07) is 19.8. The summed E-state index contributed by atoms with van der Waals surface area (Å²) in [6.45, 7) is 6.25. The van der Waals surface area contributed by atoms with E-state index in [1.165, 1.54) is 4.90 Å². The van der Waals surface area contributed by atoms with Crippen LogP contribution in [0.5, 0.6) is 0 Å². The minimum Gasteiger partial charge on any atom is -0.396 e. The zero-order valence-electron chi connectivity index (χ0n) is 21.0. The molecule has 3 aromatic rings. The molecule has 0 bridgehead atoms. The van der Waals surface area contributed by atoms with Crippen molar-refractivity contribution < 1.29 is 14.1 Å². The zero-order chi connectivity index (χ0) is 25.3. The second-order valence-electron chi connectivity index (χ2n) is 10.0. The Morgan fingerprint density at radius 3 is 2.34 bits per heavy atom. The van der Waals surface area contributed by atoms with E-state index in [2.05, 4.69) is 24.3 Å². The summed E-state index contributed by atoms with van der Waals surface area (Å²) in [5.74, 6) is -0.178. The summed E-state index contributed by atoms with van der Waals surface area (Å²) in [4.78, 5) is 19.3. The molecular weight excluding hydrogens is 458 g/mol. The van der Waals surface area contributed by atoms with Gasteiger partial charge in [-0.05, 0) is 56.0 Å². The van der Waals surface area contributed by atoms with Crippen molar-refractivity contribution in [1.82, 2.24) is 14.2 Å². The molecule has 7 heteroatoms. The quantitative estimate of drug-likeness (QED) is 0.537. The van der Waals surface area contributed by atoms with Gasteiger partial charge in [0.1, 0.15) is 16.7 Å². The molecule has 0 fully saturated rings. The Morgan fingerprint density at radius 2 is 1.71 bits per heavy atom. The van der Waals surface area contributed by atoms with Gasteiger partial charge in [0.25, 0.3) is 5.91 Å². The lowest BCUT2D eigenvalue weighted by Gasteiger charge is -2.30. The second-order valence-corrected chi connectivity index (χ2v) is 12.2. The van der Waals surface area contributed by atoms with E-state index in [1.54, 1.807) is 14.1 Å². The molecule has 184 valence electrons. The number of hydrogen-bond donors (Lipinski definition) is 1. The predicted molar refractivity (Wildman–Crippen MR) is 141 cm³/mol. The maximum Gasteiger partial charge on any atom is 0.271 e. The lowest BCUT2D eigenvalue weighted by molar-refractivity contribution is 0.0822. The van der Waals surface area contributed by atoms with Crippen LogP contribution in [-0.2, 0) is 17.5 Å². The number of hydrogen-bond acceptors (Lipinski definition) is 4. The second kappa shape index (κ2) is 10.0. The number of aliphatic hydroxyl groups is 1. The number of rotatable bonds is 6. The van der Waals surface area contributed by atoms with Crippen LogP contribution in [0.2, 0.25) is 0 Å². The largest absolute Gasteiger partial charge is 0.396 e. The first kappa shape index (κ1) is 25.2. The fourth-order valence-electron chi connectivity index (χ4n) is 4.50. The van der Waals surface area contributed by atoms with E-state index in [-0.39, 0.29) is 18.6 Å². The molecule has 0 saturated heterocycles. The zero-order valence-corrected chi connectivity index (χ0v) is 21.8. The van der Waals surface area contributed by atoms with Crippen LogP contribution < -0.4 is 0 Å². The predicted octanol–water partition coefficient (Wildman–Crippen LogP) is 4.82. The lowest BCUT2D eigenvalue weighted by atomic mass is 9.94. The van der Waals surface area contributed by atoms with E-state index >= 15 is 0 Å². The first-order valence-electron chi connectivity index (χ1n) is 11.8. The maximum absolute atomic E-state index is 13.5. The molecule has 35 heavy (non-hydrogen) atoms. The third kappa shape index (κ3) is 5.08. The molecular formula is C28H33N3O3S. The van der Waals surface area contributed by atoms with Crippen LogP contribution in [0, 0.1) is 0 Å². The van der Waals surface area contributed by atoms with Gasteiger partial charge in [-0.15, -0.1) is 0 Å². The maximum atomic E-state index is 13.5. The topological polar surface area (TPSA) is 73.7 Å². The third-order valence-electron chi connectivity index (χ3n) is 6.16. The van der Waals surface area contributed by atoms with Gasteiger partial charge in [-0.1, -0.05) is 48.5 Å². The van der Waals surface area contributed by atoms with Crippen molar-refractivity contribution in [2.45, 2.75) is 44.5 Å². The van der Waals surface area contributed by atoms with Crippen LogP contribution in [0.15, 0.2) is 60.7 Å².